The van der Waals surface area contributed by atoms with Crippen LogP contribution in [-0.4, -0.2) is 56.1 Å². The predicted octanol–water partition coefficient (Wildman–Crippen LogP) is 3.41. The number of nitrogens with one attached hydrogen (secondary N) is 1. The first-order valence-corrected chi connectivity index (χ1v) is 11.4. The molecule has 1 aromatic carbocycles. The van der Waals surface area contributed by atoms with E-state index in [-0.39, 0.29) is 12.5 Å². The largest absolute Gasteiger partial charge is 0.388 e. The van der Waals surface area contributed by atoms with Crippen LogP contribution in [-0.2, 0) is 16.1 Å². The zero-order chi connectivity index (χ0) is 22.8. The number of halogens is 1. The maximum absolute atomic E-state index is 12.0. The van der Waals surface area contributed by atoms with E-state index in [0.29, 0.717) is 36.4 Å². The molecule has 1 saturated heterocycles. The molecule has 0 radical (unpaired) electrons. The van der Waals surface area contributed by atoms with Crippen LogP contribution >= 0.6 is 11.6 Å². The standard InChI is InChI=1S/C23H25ClN6O3/c24-19-12-25-22(27-17-3-5-18(6-4-17)30-9-10-33-14-20(30)31)28-21(19)16-11-26-29(13-16)15-23(32)7-1-2-8-23/h3-6,11-13,32H,1-2,7-10,14-15H2,(H,25,27,28). The molecule has 33 heavy (non-hydrogen) atoms. The Hall–Kier alpha value is -3.01. The summed E-state index contributed by atoms with van der Waals surface area (Å²) in [6.07, 6.45) is 8.77. The smallest absolute Gasteiger partial charge is 0.253 e. The number of carbonyl (C=O) groups excluding carboxylic acids is 1. The summed E-state index contributed by atoms with van der Waals surface area (Å²) in [7, 11) is 0. The van der Waals surface area contributed by atoms with Gasteiger partial charge in [0.15, 0.2) is 0 Å². The molecular formula is C23H25ClN6O3. The molecule has 0 spiro atoms. The van der Waals surface area contributed by atoms with Gasteiger partial charge < -0.3 is 20.1 Å². The van der Waals surface area contributed by atoms with E-state index in [9.17, 15) is 9.90 Å². The fourth-order valence-electron chi connectivity index (χ4n) is 4.34. The Kier molecular flexibility index (Phi) is 6.01. The first kappa shape index (κ1) is 21.8. The average Bonchev–Trinajstić information content (AvgIpc) is 3.45. The van der Waals surface area contributed by atoms with Crippen molar-refractivity contribution in [3.8, 4) is 11.3 Å². The zero-order valence-corrected chi connectivity index (χ0v) is 18.8. The minimum atomic E-state index is -0.691. The predicted molar refractivity (Wildman–Crippen MR) is 125 cm³/mol. The van der Waals surface area contributed by atoms with Crippen molar-refractivity contribution in [3.63, 3.8) is 0 Å². The van der Waals surface area contributed by atoms with Crippen LogP contribution in [0.5, 0.6) is 0 Å². The Morgan fingerprint density at radius 2 is 1.97 bits per heavy atom. The molecule has 3 aromatic rings. The van der Waals surface area contributed by atoms with Gasteiger partial charge in [0, 0.05) is 29.7 Å². The molecule has 1 amide bonds. The number of rotatable bonds is 6. The molecule has 0 atom stereocenters. The number of aliphatic hydroxyl groups is 1. The van der Waals surface area contributed by atoms with Crippen molar-refractivity contribution in [2.24, 2.45) is 0 Å². The first-order valence-electron chi connectivity index (χ1n) is 11.0. The number of ether oxygens (including phenoxy) is 1. The van der Waals surface area contributed by atoms with Crippen molar-refractivity contribution >= 4 is 34.8 Å². The molecule has 2 aromatic heterocycles. The quantitative estimate of drug-likeness (QED) is 0.571. The number of aromatic nitrogens is 4. The van der Waals surface area contributed by atoms with Crippen molar-refractivity contribution in [1.82, 2.24) is 19.7 Å². The van der Waals surface area contributed by atoms with Crippen molar-refractivity contribution < 1.29 is 14.6 Å². The summed E-state index contributed by atoms with van der Waals surface area (Å²) in [6, 6.07) is 7.49. The van der Waals surface area contributed by atoms with Gasteiger partial charge in [-0.3, -0.25) is 9.48 Å². The van der Waals surface area contributed by atoms with E-state index in [4.69, 9.17) is 16.3 Å². The number of amides is 1. The molecule has 172 valence electrons. The highest BCUT2D eigenvalue weighted by Crippen LogP contribution is 2.32. The lowest BCUT2D eigenvalue weighted by molar-refractivity contribution is -0.125. The van der Waals surface area contributed by atoms with E-state index in [0.717, 1.165) is 42.6 Å². The van der Waals surface area contributed by atoms with E-state index in [1.807, 2.05) is 30.5 Å². The third kappa shape index (κ3) is 4.85. The molecule has 0 unspecified atom stereocenters. The summed E-state index contributed by atoms with van der Waals surface area (Å²) in [5, 5.41) is 18.6. The molecule has 2 N–H and O–H groups in total. The first-order chi connectivity index (χ1) is 16.0. The molecule has 5 rings (SSSR count). The monoisotopic (exact) mass is 468 g/mol. The Bertz CT molecular complexity index is 1140. The highest BCUT2D eigenvalue weighted by molar-refractivity contribution is 6.32. The molecule has 1 saturated carbocycles. The van der Waals surface area contributed by atoms with Crippen LogP contribution in [0.15, 0.2) is 42.9 Å². The summed E-state index contributed by atoms with van der Waals surface area (Å²) < 4.78 is 6.93. The Balaban J connectivity index is 1.30. The fraction of sp³-hybridized carbons (Fsp3) is 0.391. The average molecular weight is 469 g/mol. The molecule has 0 bridgehead atoms. The summed E-state index contributed by atoms with van der Waals surface area (Å²) >= 11 is 6.37. The van der Waals surface area contributed by atoms with Gasteiger partial charge in [0.05, 0.1) is 41.9 Å². The topological polar surface area (TPSA) is 105 Å². The molecule has 2 aliphatic rings. The number of hydrogen-bond acceptors (Lipinski definition) is 7. The van der Waals surface area contributed by atoms with E-state index < -0.39 is 5.60 Å². The van der Waals surface area contributed by atoms with Crippen LogP contribution in [0, 0.1) is 0 Å². The highest BCUT2D eigenvalue weighted by Gasteiger charge is 2.31. The normalized spacial score (nSPS) is 18.0. The van der Waals surface area contributed by atoms with E-state index in [2.05, 4.69) is 20.4 Å². The molecule has 3 heterocycles. The van der Waals surface area contributed by atoms with Crippen molar-refractivity contribution in [2.45, 2.75) is 37.8 Å². The molecular weight excluding hydrogens is 444 g/mol. The minimum Gasteiger partial charge on any atom is -0.388 e. The van der Waals surface area contributed by atoms with Gasteiger partial charge in [-0.25, -0.2) is 9.97 Å². The van der Waals surface area contributed by atoms with Crippen LogP contribution in [0.25, 0.3) is 11.3 Å². The number of benzene rings is 1. The van der Waals surface area contributed by atoms with Gasteiger partial charge in [-0.1, -0.05) is 24.4 Å². The summed E-state index contributed by atoms with van der Waals surface area (Å²) in [4.78, 5) is 22.6. The third-order valence-electron chi connectivity index (χ3n) is 6.06. The van der Waals surface area contributed by atoms with Gasteiger partial charge >= 0.3 is 0 Å². The van der Waals surface area contributed by atoms with Gasteiger partial charge in [-0.2, -0.15) is 5.10 Å². The second kappa shape index (κ2) is 9.09. The lowest BCUT2D eigenvalue weighted by Gasteiger charge is -2.26. The van der Waals surface area contributed by atoms with E-state index in [1.165, 1.54) is 0 Å². The van der Waals surface area contributed by atoms with Crippen LogP contribution in [0.2, 0.25) is 5.02 Å². The SMILES string of the molecule is O=C1COCCN1c1ccc(Nc2ncc(Cl)c(-c3cnn(CC4(O)CCCC4)c3)n2)cc1. The van der Waals surface area contributed by atoms with Gasteiger partial charge in [0.2, 0.25) is 5.95 Å². The van der Waals surface area contributed by atoms with Crippen molar-refractivity contribution in [1.29, 1.82) is 0 Å². The molecule has 2 fully saturated rings. The summed E-state index contributed by atoms with van der Waals surface area (Å²) in [5.41, 5.74) is 2.24. The third-order valence-corrected chi connectivity index (χ3v) is 6.34. The minimum absolute atomic E-state index is 0.0479. The van der Waals surface area contributed by atoms with Crippen LogP contribution in [0.3, 0.4) is 0 Å². The number of morpholine rings is 1. The summed E-state index contributed by atoms with van der Waals surface area (Å²) in [6.45, 7) is 1.64. The second-order valence-electron chi connectivity index (χ2n) is 8.52. The van der Waals surface area contributed by atoms with Crippen LogP contribution in [0.4, 0.5) is 17.3 Å². The highest BCUT2D eigenvalue weighted by atomic mass is 35.5. The van der Waals surface area contributed by atoms with Gasteiger partial charge in [0.25, 0.3) is 5.91 Å². The van der Waals surface area contributed by atoms with Crippen LogP contribution in [0.1, 0.15) is 25.7 Å². The molecule has 10 heteroatoms. The van der Waals surface area contributed by atoms with Gasteiger partial charge in [0.1, 0.15) is 6.61 Å². The van der Waals surface area contributed by atoms with E-state index >= 15 is 0 Å². The van der Waals surface area contributed by atoms with Crippen molar-refractivity contribution in [2.75, 3.05) is 30.0 Å². The fourth-order valence-corrected chi connectivity index (χ4v) is 4.54. The van der Waals surface area contributed by atoms with E-state index in [1.54, 1.807) is 22.0 Å². The van der Waals surface area contributed by atoms with Crippen molar-refractivity contribution in [3.05, 3.63) is 47.9 Å². The molecule has 9 nitrogen and oxygen atoms in total. The lowest BCUT2D eigenvalue weighted by Crippen LogP contribution is -2.41. The maximum Gasteiger partial charge on any atom is 0.253 e. The van der Waals surface area contributed by atoms with Gasteiger partial charge in [-0.05, 0) is 37.1 Å². The Morgan fingerprint density at radius 1 is 1.18 bits per heavy atom. The zero-order valence-electron chi connectivity index (χ0n) is 18.1. The summed E-state index contributed by atoms with van der Waals surface area (Å²) in [5.74, 6) is 0.347. The van der Waals surface area contributed by atoms with Gasteiger partial charge in [-0.15, -0.1) is 0 Å². The maximum atomic E-state index is 12.0. The number of hydrogen-bond donors (Lipinski definition) is 2. The number of anilines is 3. The number of nitrogens with zero attached hydrogens (tertiary/aromatic N) is 5. The molecule has 1 aliphatic heterocycles. The lowest BCUT2D eigenvalue weighted by atomic mass is 10.0. The number of carbonyl (C=O) groups is 1. The molecule has 1 aliphatic carbocycles. The Labute approximate surface area is 196 Å². The Morgan fingerprint density at radius 3 is 2.73 bits per heavy atom. The van der Waals surface area contributed by atoms with Crippen LogP contribution < -0.4 is 10.2 Å². The second-order valence-corrected chi connectivity index (χ2v) is 8.93.